The third-order valence-corrected chi connectivity index (χ3v) is 2.73. The van der Waals surface area contributed by atoms with Crippen LogP contribution < -0.4 is 0 Å². The molecule has 0 saturated carbocycles. The lowest BCUT2D eigenvalue weighted by molar-refractivity contribution is 0.0442. The average molecular weight is 248 g/mol. The molecule has 0 aliphatic carbocycles. The fraction of sp³-hybridized carbons (Fsp3) is 0.308. The molecule has 5 nitrogen and oxygen atoms in total. The van der Waals surface area contributed by atoms with Crippen LogP contribution in [0.1, 0.15) is 50.0 Å². The summed E-state index contributed by atoms with van der Waals surface area (Å²) in [6.07, 6.45) is 0.719. The third-order valence-electron chi connectivity index (χ3n) is 2.73. The van der Waals surface area contributed by atoms with Crippen LogP contribution >= 0.6 is 0 Å². The van der Waals surface area contributed by atoms with E-state index < -0.39 is 17.9 Å². The minimum Gasteiger partial charge on any atom is -0.462 e. The number of rotatable bonds is 3. The van der Waals surface area contributed by atoms with Gasteiger partial charge in [0.15, 0.2) is 0 Å². The molecule has 18 heavy (non-hydrogen) atoms. The number of carbonyl (C=O) groups is 3. The van der Waals surface area contributed by atoms with Crippen molar-refractivity contribution in [2.75, 3.05) is 6.61 Å². The van der Waals surface area contributed by atoms with Crippen LogP contribution in [0.2, 0.25) is 0 Å². The summed E-state index contributed by atoms with van der Waals surface area (Å²) >= 11 is 0. The minimum atomic E-state index is -0.711. The Hall–Kier alpha value is -2.17. The van der Waals surface area contributed by atoms with Gasteiger partial charge in [0, 0.05) is 0 Å². The molecule has 1 aromatic carbocycles. The SMILES string of the molecule is CCCOC(=O)c1ccc2c(c1C)C(=O)OC2=O. The van der Waals surface area contributed by atoms with E-state index >= 15 is 0 Å². The van der Waals surface area contributed by atoms with Gasteiger partial charge in [0.05, 0.1) is 23.3 Å². The normalized spacial score (nSPS) is 13.2. The van der Waals surface area contributed by atoms with E-state index in [4.69, 9.17) is 4.74 Å². The molecule has 0 amide bonds. The van der Waals surface area contributed by atoms with Gasteiger partial charge in [0.2, 0.25) is 0 Å². The van der Waals surface area contributed by atoms with Crippen LogP contribution in [-0.4, -0.2) is 24.5 Å². The largest absolute Gasteiger partial charge is 0.462 e. The van der Waals surface area contributed by atoms with Crippen LogP contribution in [0, 0.1) is 6.92 Å². The predicted octanol–water partition coefficient (Wildman–Crippen LogP) is 1.87. The van der Waals surface area contributed by atoms with E-state index in [1.807, 2.05) is 6.92 Å². The van der Waals surface area contributed by atoms with Crippen molar-refractivity contribution in [1.29, 1.82) is 0 Å². The average Bonchev–Trinajstić information content (AvgIpc) is 2.63. The van der Waals surface area contributed by atoms with E-state index in [0.717, 1.165) is 6.42 Å². The standard InChI is InChI=1S/C13H12O5/c1-3-6-17-11(14)8-4-5-9-10(7(8)2)13(16)18-12(9)15/h4-5H,3,6H2,1-2H3. The van der Waals surface area contributed by atoms with Gasteiger partial charge in [0.1, 0.15) is 0 Å². The van der Waals surface area contributed by atoms with Crippen LogP contribution in [0.15, 0.2) is 12.1 Å². The quantitative estimate of drug-likeness (QED) is 0.603. The molecule has 0 spiro atoms. The second kappa shape index (κ2) is 4.60. The topological polar surface area (TPSA) is 69.7 Å². The Bertz CT molecular complexity index is 545. The van der Waals surface area contributed by atoms with E-state index in [0.29, 0.717) is 12.2 Å². The van der Waals surface area contributed by atoms with Gasteiger partial charge in [-0.1, -0.05) is 6.92 Å². The fourth-order valence-electron chi connectivity index (χ4n) is 1.83. The minimum absolute atomic E-state index is 0.158. The zero-order valence-electron chi connectivity index (χ0n) is 10.1. The lowest BCUT2D eigenvalue weighted by Crippen LogP contribution is -2.10. The first-order valence-electron chi connectivity index (χ1n) is 5.63. The highest BCUT2D eigenvalue weighted by Crippen LogP contribution is 2.26. The molecule has 0 unspecified atom stereocenters. The second-order valence-corrected chi connectivity index (χ2v) is 3.97. The molecule has 0 fully saturated rings. The molecule has 0 atom stereocenters. The van der Waals surface area contributed by atoms with Crippen molar-refractivity contribution < 1.29 is 23.9 Å². The molecule has 0 aromatic heterocycles. The highest BCUT2D eigenvalue weighted by molar-refractivity contribution is 6.16. The van der Waals surface area contributed by atoms with E-state index in [2.05, 4.69) is 4.74 Å². The van der Waals surface area contributed by atoms with Gasteiger partial charge in [-0.25, -0.2) is 14.4 Å². The summed E-state index contributed by atoms with van der Waals surface area (Å²) in [5.41, 5.74) is 1.06. The molecule has 1 aliphatic heterocycles. The highest BCUT2D eigenvalue weighted by Gasteiger charge is 2.33. The summed E-state index contributed by atoms with van der Waals surface area (Å²) < 4.78 is 9.50. The maximum Gasteiger partial charge on any atom is 0.347 e. The van der Waals surface area contributed by atoms with E-state index in [9.17, 15) is 14.4 Å². The number of fused-ring (bicyclic) bond motifs is 1. The maximum absolute atomic E-state index is 11.8. The summed E-state index contributed by atoms with van der Waals surface area (Å²) in [4.78, 5) is 34.6. The Morgan fingerprint density at radius 2 is 2.00 bits per heavy atom. The number of benzene rings is 1. The first-order chi connectivity index (χ1) is 8.56. The van der Waals surface area contributed by atoms with Gasteiger partial charge < -0.3 is 9.47 Å². The number of carbonyl (C=O) groups excluding carboxylic acids is 3. The third kappa shape index (κ3) is 1.88. The molecule has 5 heteroatoms. The maximum atomic E-state index is 11.8. The molecule has 2 rings (SSSR count). The first-order valence-corrected chi connectivity index (χ1v) is 5.63. The number of hydrogen-bond acceptors (Lipinski definition) is 5. The molecule has 0 saturated heterocycles. The van der Waals surface area contributed by atoms with Crippen molar-refractivity contribution in [2.45, 2.75) is 20.3 Å². The number of hydrogen-bond donors (Lipinski definition) is 0. The first kappa shape index (κ1) is 12.3. The van der Waals surface area contributed by atoms with Crippen molar-refractivity contribution >= 4 is 17.9 Å². The lowest BCUT2D eigenvalue weighted by atomic mass is 9.98. The molecule has 1 aromatic rings. The fourth-order valence-corrected chi connectivity index (χ4v) is 1.83. The molecular weight excluding hydrogens is 236 g/mol. The zero-order valence-corrected chi connectivity index (χ0v) is 10.1. The van der Waals surface area contributed by atoms with Gasteiger partial charge >= 0.3 is 17.9 Å². The molecule has 0 N–H and O–H groups in total. The Morgan fingerprint density at radius 1 is 1.28 bits per heavy atom. The Morgan fingerprint density at radius 3 is 2.67 bits per heavy atom. The molecule has 0 radical (unpaired) electrons. The van der Waals surface area contributed by atoms with Gasteiger partial charge in [0.25, 0.3) is 0 Å². The summed E-state index contributed by atoms with van der Waals surface area (Å²) in [5, 5.41) is 0. The van der Waals surface area contributed by atoms with Gasteiger partial charge in [-0.15, -0.1) is 0 Å². The van der Waals surface area contributed by atoms with E-state index in [1.165, 1.54) is 12.1 Å². The molecule has 94 valence electrons. The summed E-state index contributed by atoms with van der Waals surface area (Å²) in [5.74, 6) is -1.88. The summed E-state index contributed by atoms with van der Waals surface area (Å²) in [7, 11) is 0. The predicted molar refractivity (Wildman–Crippen MR) is 61.5 cm³/mol. The van der Waals surface area contributed by atoms with E-state index in [-0.39, 0.29) is 16.7 Å². The van der Waals surface area contributed by atoms with Crippen molar-refractivity contribution in [3.63, 3.8) is 0 Å². The van der Waals surface area contributed by atoms with Crippen LogP contribution in [-0.2, 0) is 9.47 Å². The number of cyclic esters (lactones) is 2. The van der Waals surface area contributed by atoms with Crippen LogP contribution in [0.5, 0.6) is 0 Å². The van der Waals surface area contributed by atoms with Crippen molar-refractivity contribution in [1.82, 2.24) is 0 Å². The molecule has 1 heterocycles. The Kier molecular flexibility index (Phi) is 3.14. The van der Waals surface area contributed by atoms with Crippen LogP contribution in [0.4, 0.5) is 0 Å². The molecular formula is C13H12O5. The van der Waals surface area contributed by atoms with Gasteiger partial charge in [-0.05, 0) is 31.0 Å². The Balaban J connectivity index is 2.42. The van der Waals surface area contributed by atoms with Crippen molar-refractivity contribution in [3.8, 4) is 0 Å². The monoisotopic (exact) mass is 248 g/mol. The van der Waals surface area contributed by atoms with Gasteiger partial charge in [-0.2, -0.15) is 0 Å². The molecule has 1 aliphatic rings. The summed E-state index contributed by atoms with van der Waals surface area (Å²) in [6.45, 7) is 3.80. The highest BCUT2D eigenvalue weighted by atomic mass is 16.6. The number of esters is 3. The number of ether oxygens (including phenoxy) is 2. The van der Waals surface area contributed by atoms with Crippen LogP contribution in [0.3, 0.4) is 0 Å². The van der Waals surface area contributed by atoms with Crippen molar-refractivity contribution in [3.05, 3.63) is 34.4 Å². The van der Waals surface area contributed by atoms with Gasteiger partial charge in [-0.3, -0.25) is 0 Å². The summed E-state index contributed by atoms with van der Waals surface area (Å²) in [6, 6.07) is 2.89. The van der Waals surface area contributed by atoms with Crippen LogP contribution in [0.25, 0.3) is 0 Å². The van der Waals surface area contributed by atoms with Crippen molar-refractivity contribution in [2.24, 2.45) is 0 Å². The Labute approximate surface area is 104 Å². The zero-order chi connectivity index (χ0) is 13.3. The second-order valence-electron chi connectivity index (χ2n) is 3.97. The smallest absolute Gasteiger partial charge is 0.347 e. The lowest BCUT2D eigenvalue weighted by Gasteiger charge is -2.07. The van der Waals surface area contributed by atoms with E-state index in [1.54, 1.807) is 6.92 Å². The molecule has 0 bridgehead atoms.